The SMILES string of the molecule is O=C(O[C@@H](C(=O)N1CCOCC1)c1ccccc1)c1cccc(Cl)c1. The van der Waals surface area contributed by atoms with E-state index in [2.05, 4.69) is 0 Å². The highest BCUT2D eigenvalue weighted by Crippen LogP contribution is 2.23. The number of hydrogen-bond acceptors (Lipinski definition) is 4. The van der Waals surface area contributed by atoms with Crippen LogP contribution in [0.4, 0.5) is 0 Å². The maximum atomic E-state index is 12.9. The smallest absolute Gasteiger partial charge is 0.339 e. The number of ether oxygens (including phenoxy) is 2. The fourth-order valence-corrected chi connectivity index (χ4v) is 2.82. The first-order chi connectivity index (χ1) is 12.1. The normalized spacial score (nSPS) is 15.5. The summed E-state index contributed by atoms with van der Waals surface area (Å²) in [4.78, 5) is 27.1. The number of amides is 1. The van der Waals surface area contributed by atoms with Crippen LogP contribution in [-0.4, -0.2) is 43.1 Å². The lowest BCUT2D eigenvalue weighted by Crippen LogP contribution is -2.44. The lowest BCUT2D eigenvalue weighted by atomic mass is 10.1. The van der Waals surface area contributed by atoms with Gasteiger partial charge in [0.2, 0.25) is 6.10 Å². The molecule has 1 aliphatic heterocycles. The Morgan fingerprint density at radius 1 is 1.04 bits per heavy atom. The monoisotopic (exact) mass is 359 g/mol. The second kappa shape index (κ2) is 8.14. The molecule has 0 aliphatic carbocycles. The summed E-state index contributed by atoms with van der Waals surface area (Å²) in [5.41, 5.74) is 0.942. The molecule has 1 atom stereocenters. The molecule has 5 nitrogen and oxygen atoms in total. The lowest BCUT2D eigenvalue weighted by Gasteiger charge is -2.30. The Labute approximate surface area is 151 Å². The molecule has 2 aromatic carbocycles. The Kier molecular flexibility index (Phi) is 5.68. The average molecular weight is 360 g/mol. The van der Waals surface area contributed by atoms with Crippen LogP contribution in [0.2, 0.25) is 5.02 Å². The van der Waals surface area contributed by atoms with Gasteiger partial charge in [0, 0.05) is 23.7 Å². The highest BCUT2D eigenvalue weighted by Gasteiger charge is 2.30. The van der Waals surface area contributed by atoms with E-state index < -0.39 is 12.1 Å². The number of halogens is 1. The Hall–Kier alpha value is -2.37. The van der Waals surface area contributed by atoms with E-state index in [0.717, 1.165) is 0 Å². The molecule has 3 rings (SSSR count). The molecule has 1 amide bonds. The summed E-state index contributed by atoms with van der Waals surface area (Å²) in [6.45, 7) is 1.93. The van der Waals surface area contributed by atoms with Gasteiger partial charge in [0.05, 0.1) is 18.8 Å². The minimum Gasteiger partial charge on any atom is -0.444 e. The number of rotatable bonds is 4. The number of morpholine rings is 1. The molecule has 1 aliphatic rings. The van der Waals surface area contributed by atoms with E-state index in [1.807, 2.05) is 18.2 Å². The molecule has 1 heterocycles. The number of carbonyl (C=O) groups excluding carboxylic acids is 2. The van der Waals surface area contributed by atoms with Gasteiger partial charge >= 0.3 is 5.97 Å². The summed E-state index contributed by atoms with van der Waals surface area (Å²) >= 11 is 5.93. The fraction of sp³-hybridized carbons (Fsp3) is 0.263. The van der Waals surface area contributed by atoms with Crippen LogP contribution in [0.15, 0.2) is 54.6 Å². The predicted octanol–water partition coefficient (Wildman–Crippen LogP) is 3.10. The summed E-state index contributed by atoms with van der Waals surface area (Å²) in [7, 11) is 0. The quantitative estimate of drug-likeness (QED) is 0.787. The van der Waals surface area contributed by atoms with E-state index in [1.165, 1.54) is 6.07 Å². The minimum atomic E-state index is -0.995. The number of esters is 1. The van der Waals surface area contributed by atoms with Gasteiger partial charge in [-0.05, 0) is 18.2 Å². The Bertz CT molecular complexity index is 744. The molecule has 1 saturated heterocycles. The van der Waals surface area contributed by atoms with Crippen molar-refractivity contribution in [3.63, 3.8) is 0 Å². The van der Waals surface area contributed by atoms with E-state index in [-0.39, 0.29) is 5.91 Å². The zero-order valence-corrected chi connectivity index (χ0v) is 14.3. The first-order valence-corrected chi connectivity index (χ1v) is 8.41. The second-order valence-electron chi connectivity index (χ2n) is 5.64. The van der Waals surface area contributed by atoms with Crippen LogP contribution in [0.25, 0.3) is 0 Å². The van der Waals surface area contributed by atoms with E-state index >= 15 is 0 Å². The molecule has 0 bridgehead atoms. The Balaban J connectivity index is 1.83. The third kappa shape index (κ3) is 4.38. The molecule has 0 saturated carbocycles. The molecule has 25 heavy (non-hydrogen) atoms. The second-order valence-corrected chi connectivity index (χ2v) is 6.08. The van der Waals surface area contributed by atoms with Crippen molar-refractivity contribution < 1.29 is 19.1 Å². The topological polar surface area (TPSA) is 55.8 Å². The van der Waals surface area contributed by atoms with Gasteiger partial charge in [0.15, 0.2) is 0 Å². The molecule has 0 radical (unpaired) electrons. The maximum Gasteiger partial charge on any atom is 0.339 e. The van der Waals surface area contributed by atoms with E-state index in [9.17, 15) is 9.59 Å². The van der Waals surface area contributed by atoms with Crippen LogP contribution in [0.5, 0.6) is 0 Å². The fourth-order valence-electron chi connectivity index (χ4n) is 2.63. The third-order valence-electron chi connectivity index (χ3n) is 3.93. The van der Waals surface area contributed by atoms with Crippen molar-refractivity contribution in [2.75, 3.05) is 26.3 Å². The molecule has 0 unspecified atom stereocenters. The highest BCUT2D eigenvalue weighted by atomic mass is 35.5. The summed E-state index contributed by atoms with van der Waals surface area (Å²) in [5.74, 6) is -0.831. The Morgan fingerprint density at radius 2 is 1.76 bits per heavy atom. The number of carbonyl (C=O) groups is 2. The van der Waals surface area contributed by atoms with Gasteiger partial charge in [-0.1, -0.05) is 48.0 Å². The molecule has 2 aromatic rings. The highest BCUT2D eigenvalue weighted by molar-refractivity contribution is 6.30. The molecule has 0 aromatic heterocycles. The summed E-state index contributed by atoms with van der Waals surface area (Å²) in [6.07, 6.45) is -0.995. The molecule has 130 valence electrons. The maximum absolute atomic E-state index is 12.9. The van der Waals surface area contributed by atoms with Gasteiger partial charge in [-0.2, -0.15) is 0 Å². The zero-order chi connectivity index (χ0) is 17.6. The van der Waals surface area contributed by atoms with Gasteiger partial charge in [0.1, 0.15) is 0 Å². The first kappa shape index (κ1) is 17.5. The molecule has 0 spiro atoms. The van der Waals surface area contributed by atoms with Crippen molar-refractivity contribution in [1.82, 2.24) is 4.90 Å². The van der Waals surface area contributed by atoms with Crippen LogP contribution in [-0.2, 0) is 14.3 Å². The van der Waals surface area contributed by atoms with E-state index in [1.54, 1.807) is 35.2 Å². The van der Waals surface area contributed by atoms with E-state index in [4.69, 9.17) is 21.1 Å². The van der Waals surface area contributed by atoms with Gasteiger partial charge < -0.3 is 14.4 Å². The van der Waals surface area contributed by atoms with Crippen LogP contribution >= 0.6 is 11.6 Å². The predicted molar refractivity (Wildman–Crippen MR) is 93.4 cm³/mol. The minimum absolute atomic E-state index is 0.245. The van der Waals surface area contributed by atoms with Gasteiger partial charge in [-0.3, -0.25) is 4.79 Å². The standard InChI is InChI=1S/C19H18ClNO4/c20-16-8-4-7-15(13-16)19(23)25-17(14-5-2-1-3-6-14)18(22)21-9-11-24-12-10-21/h1-8,13,17H,9-12H2/t17-/m1/s1. The van der Waals surface area contributed by atoms with Crippen molar-refractivity contribution in [2.45, 2.75) is 6.10 Å². The van der Waals surface area contributed by atoms with Crippen molar-refractivity contribution in [2.24, 2.45) is 0 Å². The van der Waals surface area contributed by atoms with Crippen molar-refractivity contribution in [1.29, 1.82) is 0 Å². The number of nitrogens with zero attached hydrogens (tertiary/aromatic N) is 1. The zero-order valence-electron chi connectivity index (χ0n) is 13.6. The number of benzene rings is 2. The molecular formula is C19H18ClNO4. The van der Waals surface area contributed by atoms with Crippen molar-refractivity contribution >= 4 is 23.5 Å². The summed E-state index contributed by atoms with van der Waals surface area (Å²) in [5, 5.41) is 0.435. The van der Waals surface area contributed by atoms with E-state index in [0.29, 0.717) is 42.5 Å². The number of hydrogen-bond donors (Lipinski definition) is 0. The van der Waals surface area contributed by atoms with Crippen LogP contribution in [0.3, 0.4) is 0 Å². The lowest BCUT2D eigenvalue weighted by molar-refractivity contribution is -0.145. The molecule has 6 heteroatoms. The van der Waals surface area contributed by atoms with Crippen LogP contribution in [0, 0.1) is 0 Å². The largest absolute Gasteiger partial charge is 0.444 e. The third-order valence-corrected chi connectivity index (χ3v) is 4.17. The molecule has 1 fully saturated rings. The van der Waals surface area contributed by atoms with Gasteiger partial charge in [-0.15, -0.1) is 0 Å². The molecular weight excluding hydrogens is 342 g/mol. The van der Waals surface area contributed by atoms with Crippen LogP contribution in [0.1, 0.15) is 22.0 Å². The van der Waals surface area contributed by atoms with Crippen molar-refractivity contribution in [3.8, 4) is 0 Å². The average Bonchev–Trinajstić information content (AvgIpc) is 2.67. The molecule has 0 N–H and O–H groups in total. The van der Waals surface area contributed by atoms with Gasteiger partial charge in [0.25, 0.3) is 5.91 Å². The van der Waals surface area contributed by atoms with Gasteiger partial charge in [-0.25, -0.2) is 4.79 Å². The van der Waals surface area contributed by atoms with Crippen molar-refractivity contribution in [3.05, 3.63) is 70.7 Å². The first-order valence-electron chi connectivity index (χ1n) is 8.03. The van der Waals surface area contributed by atoms with Crippen LogP contribution < -0.4 is 0 Å². The summed E-state index contributed by atoms with van der Waals surface area (Å²) < 4.78 is 10.8. The summed E-state index contributed by atoms with van der Waals surface area (Å²) in [6, 6.07) is 15.5. The Morgan fingerprint density at radius 3 is 2.44 bits per heavy atom.